The molecule has 1 fully saturated rings. The van der Waals surface area contributed by atoms with Crippen LogP contribution in [-0.2, 0) is 20.9 Å². The first-order valence-corrected chi connectivity index (χ1v) is 12.9. The highest BCUT2D eigenvalue weighted by Gasteiger charge is 2.43. The van der Waals surface area contributed by atoms with Crippen molar-refractivity contribution in [1.82, 2.24) is 20.4 Å². The molecule has 4 rings (SSSR count). The van der Waals surface area contributed by atoms with E-state index in [9.17, 15) is 14.4 Å². The summed E-state index contributed by atoms with van der Waals surface area (Å²) in [6.07, 6.45) is 0.0138. The van der Waals surface area contributed by atoms with Crippen LogP contribution in [0.3, 0.4) is 0 Å². The second-order valence-corrected chi connectivity index (χ2v) is 10.6. The maximum atomic E-state index is 13.4. The molecule has 3 heterocycles. The number of ketones is 1. The average molecular weight is 592 g/mol. The lowest BCUT2D eigenvalue weighted by atomic mass is 9.91. The first kappa shape index (κ1) is 24.5. The Labute approximate surface area is 215 Å². The van der Waals surface area contributed by atoms with Crippen molar-refractivity contribution in [2.45, 2.75) is 45.7 Å². The van der Waals surface area contributed by atoms with Crippen molar-refractivity contribution in [3.8, 4) is 10.4 Å². The van der Waals surface area contributed by atoms with Gasteiger partial charge in [-0.2, -0.15) is 0 Å². The van der Waals surface area contributed by atoms with Crippen LogP contribution in [0, 0.1) is 16.5 Å². The fourth-order valence-electron chi connectivity index (χ4n) is 4.14. The molecular weight excluding hydrogens is 567 g/mol. The van der Waals surface area contributed by atoms with E-state index < -0.39 is 12.0 Å². The van der Waals surface area contributed by atoms with Gasteiger partial charge in [0.05, 0.1) is 22.6 Å². The highest BCUT2D eigenvalue weighted by molar-refractivity contribution is 14.1. The van der Waals surface area contributed by atoms with Crippen molar-refractivity contribution in [1.29, 1.82) is 0 Å². The molecule has 1 aromatic carbocycles. The number of benzene rings is 1. The summed E-state index contributed by atoms with van der Waals surface area (Å²) in [5.74, 6) is -1.02. The Morgan fingerprint density at radius 2 is 2.03 bits per heavy atom. The van der Waals surface area contributed by atoms with Crippen molar-refractivity contribution in [2.75, 3.05) is 6.54 Å². The Bertz CT molecular complexity index is 1200. The van der Waals surface area contributed by atoms with Crippen LogP contribution in [0.1, 0.15) is 43.2 Å². The fourth-order valence-corrected chi connectivity index (χ4v) is 5.36. The molecule has 0 radical (unpaired) electrons. The van der Waals surface area contributed by atoms with Crippen LogP contribution in [0.4, 0.5) is 0 Å². The molecule has 2 unspecified atom stereocenters. The Kier molecular flexibility index (Phi) is 7.46. The normalized spacial score (nSPS) is 16.8. The number of halogens is 1. The molecule has 0 bridgehead atoms. The van der Waals surface area contributed by atoms with Gasteiger partial charge in [0.25, 0.3) is 0 Å². The predicted octanol–water partition coefficient (Wildman–Crippen LogP) is 3.94. The summed E-state index contributed by atoms with van der Waals surface area (Å²) in [4.78, 5) is 45.4. The van der Waals surface area contributed by atoms with E-state index in [1.54, 1.807) is 17.4 Å². The molecule has 1 aliphatic heterocycles. The molecule has 1 N–H and O–H groups in total. The van der Waals surface area contributed by atoms with E-state index >= 15 is 0 Å². The van der Waals surface area contributed by atoms with Crippen molar-refractivity contribution in [3.05, 3.63) is 56.6 Å². The molecule has 2 aromatic heterocycles. The quantitative estimate of drug-likeness (QED) is 0.417. The zero-order valence-electron chi connectivity index (χ0n) is 19.1. The van der Waals surface area contributed by atoms with Gasteiger partial charge in [-0.3, -0.25) is 14.4 Å². The van der Waals surface area contributed by atoms with Crippen LogP contribution in [0.25, 0.3) is 10.4 Å². The van der Waals surface area contributed by atoms with E-state index in [0.717, 1.165) is 21.7 Å². The standard InChI is InChI=1S/C24H25IN4O4S/c1-13(2)21(19-9-20(25)28-33-19)24(32)29-11-17(30)8-18(29)23(31)26-10-15-4-6-16(7-5-15)22-14(3)27-12-34-22/h4-7,9,12-13,18,21H,8,10-11H2,1-3H3,(H,26,31). The monoisotopic (exact) mass is 592 g/mol. The number of rotatable bonds is 7. The highest BCUT2D eigenvalue weighted by Crippen LogP contribution is 2.31. The molecule has 2 atom stereocenters. The zero-order chi connectivity index (χ0) is 24.4. The van der Waals surface area contributed by atoms with Gasteiger partial charge in [0.15, 0.2) is 11.5 Å². The molecule has 178 valence electrons. The number of nitrogens with one attached hydrogen (secondary N) is 1. The number of likely N-dealkylation sites (tertiary alicyclic amines) is 1. The molecule has 1 saturated heterocycles. The van der Waals surface area contributed by atoms with Crippen LogP contribution >= 0.6 is 33.9 Å². The van der Waals surface area contributed by atoms with Crippen LogP contribution < -0.4 is 5.32 Å². The van der Waals surface area contributed by atoms with E-state index in [1.807, 2.05) is 73.1 Å². The number of Topliss-reactive ketones (excluding diaryl/α,β-unsaturated/α-hetero) is 1. The summed E-state index contributed by atoms with van der Waals surface area (Å²) in [6, 6.07) is 8.80. The Hall–Kier alpha value is -2.60. The SMILES string of the molecule is Cc1ncsc1-c1ccc(CNC(=O)C2CC(=O)CN2C(=O)C(c2cc(I)no2)C(C)C)cc1. The molecule has 8 nitrogen and oxygen atoms in total. The zero-order valence-corrected chi connectivity index (χ0v) is 22.1. The van der Waals surface area contributed by atoms with Gasteiger partial charge in [-0.05, 0) is 46.6 Å². The molecule has 3 aromatic rings. The van der Waals surface area contributed by atoms with Crippen LogP contribution in [0.5, 0.6) is 0 Å². The van der Waals surface area contributed by atoms with Gasteiger partial charge >= 0.3 is 0 Å². The number of hydrogen-bond acceptors (Lipinski definition) is 7. The predicted molar refractivity (Wildman–Crippen MR) is 136 cm³/mol. The van der Waals surface area contributed by atoms with Gasteiger partial charge in [-0.15, -0.1) is 11.3 Å². The van der Waals surface area contributed by atoms with Gasteiger partial charge < -0.3 is 14.7 Å². The van der Waals surface area contributed by atoms with Gasteiger partial charge in [0, 0.05) is 19.0 Å². The molecule has 34 heavy (non-hydrogen) atoms. The number of amides is 2. The Morgan fingerprint density at radius 3 is 2.62 bits per heavy atom. The molecule has 0 aliphatic carbocycles. The van der Waals surface area contributed by atoms with Gasteiger partial charge in [-0.1, -0.05) is 43.3 Å². The van der Waals surface area contributed by atoms with Gasteiger partial charge in [0.1, 0.15) is 15.7 Å². The maximum Gasteiger partial charge on any atom is 0.243 e. The van der Waals surface area contributed by atoms with E-state index in [1.165, 1.54) is 4.90 Å². The number of aromatic nitrogens is 2. The number of carbonyl (C=O) groups excluding carboxylic acids is 3. The summed E-state index contributed by atoms with van der Waals surface area (Å²) in [6.45, 7) is 6.02. The largest absolute Gasteiger partial charge is 0.359 e. The van der Waals surface area contributed by atoms with Crippen molar-refractivity contribution < 1.29 is 18.9 Å². The summed E-state index contributed by atoms with van der Waals surface area (Å²) < 4.78 is 5.99. The minimum absolute atomic E-state index is 0.0138. The maximum absolute atomic E-state index is 13.4. The third-order valence-corrected chi connectivity index (χ3v) is 7.38. The first-order valence-electron chi connectivity index (χ1n) is 11.0. The topological polar surface area (TPSA) is 105 Å². The summed E-state index contributed by atoms with van der Waals surface area (Å²) in [7, 11) is 0. The highest BCUT2D eigenvalue weighted by atomic mass is 127. The third kappa shape index (κ3) is 5.22. The van der Waals surface area contributed by atoms with Gasteiger partial charge in [0.2, 0.25) is 11.8 Å². The van der Waals surface area contributed by atoms with Crippen molar-refractivity contribution in [3.63, 3.8) is 0 Å². The lowest BCUT2D eigenvalue weighted by Gasteiger charge is -2.28. The number of thiazole rings is 1. The second-order valence-electron chi connectivity index (χ2n) is 8.68. The van der Waals surface area contributed by atoms with E-state index in [2.05, 4.69) is 15.5 Å². The number of carbonyl (C=O) groups is 3. The summed E-state index contributed by atoms with van der Waals surface area (Å²) >= 11 is 3.61. The lowest BCUT2D eigenvalue weighted by Crippen LogP contribution is -2.47. The van der Waals surface area contributed by atoms with E-state index in [4.69, 9.17) is 4.52 Å². The Morgan fingerprint density at radius 1 is 1.29 bits per heavy atom. The van der Waals surface area contributed by atoms with Crippen LogP contribution in [0.15, 0.2) is 40.4 Å². The summed E-state index contributed by atoms with van der Waals surface area (Å²) in [5.41, 5.74) is 4.82. The lowest BCUT2D eigenvalue weighted by molar-refractivity contribution is -0.141. The van der Waals surface area contributed by atoms with Crippen molar-refractivity contribution in [2.24, 2.45) is 5.92 Å². The molecular formula is C24H25IN4O4S. The Balaban J connectivity index is 1.44. The molecule has 0 spiro atoms. The minimum Gasteiger partial charge on any atom is -0.359 e. The minimum atomic E-state index is -0.831. The molecule has 0 saturated carbocycles. The number of nitrogens with zero attached hydrogens (tertiary/aromatic N) is 3. The molecule has 2 amide bonds. The van der Waals surface area contributed by atoms with Crippen LogP contribution in [0.2, 0.25) is 0 Å². The number of aryl methyl sites for hydroxylation is 1. The first-order chi connectivity index (χ1) is 16.2. The van der Waals surface area contributed by atoms with E-state index in [-0.39, 0.29) is 36.5 Å². The van der Waals surface area contributed by atoms with E-state index in [0.29, 0.717) is 16.0 Å². The summed E-state index contributed by atoms with van der Waals surface area (Å²) in [5, 5.41) is 6.77. The second kappa shape index (κ2) is 10.3. The average Bonchev–Trinajstić information content (AvgIpc) is 3.52. The third-order valence-electron chi connectivity index (χ3n) is 5.90. The van der Waals surface area contributed by atoms with Crippen molar-refractivity contribution >= 4 is 51.5 Å². The smallest absolute Gasteiger partial charge is 0.243 e. The number of hydrogen-bond donors (Lipinski definition) is 1. The molecule has 10 heteroatoms. The van der Waals surface area contributed by atoms with Gasteiger partial charge in [-0.25, -0.2) is 4.98 Å². The molecule has 1 aliphatic rings. The fraction of sp³-hybridized carbons (Fsp3) is 0.375. The van der Waals surface area contributed by atoms with Crippen LogP contribution in [-0.4, -0.2) is 45.2 Å².